The Morgan fingerprint density at radius 3 is 2.18 bits per heavy atom. The average molecular weight is 169 g/mol. The zero-order valence-electron chi connectivity index (χ0n) is 6.83. The van der Waals surface area contributed by atoms with E-state index in [0.717, 1.165) is 6.42 Å². The van der Waals surface area contributed by atoms with Gasteiger partial charge in [0.15, 0.2) is 0 Å². The molecule has 0 aromatic carbocycles. The van der Waals surface area contributed by atoms with E-state index in [1.54, 1.807) is 7.05 Å². The Hall–Kier alpha value is -0.250. The van der Waals surface area contributed by atoms with E-state index in [0.29, 0.717) is 6.42 Å². The Balaban J connectivity index is 3.68. The van der Waals surface area contributed by atoms with Crippen molar-refractivity contribution in [3.8, 4) is 0 Å². The molecule has 0 spiro atoms. The lowest BCUT2D eigenvalue weighted by Crippen LogP contribution is -2.30. The molecule has 0 bridgehead atoms. The summed E-state index contributed by atoms with van der Waals surface area (Å²) >= 11 is 0. The van der Waals surface area contributed by atoms with Gasteiger partial charge in [-0.05, 0) is 13.5 Å². The quantitative estimate of drug-likeness (QED) is 0.681. The minimum absolute atomic E-state index is 0.417. The molecule has 1 nitrogen and oxygen atoms in total. The highest BCUT2D eigenvalue weighted by molar-refractivity contribution is 4.67. The van der Waals surface area contributed by atoms with Crippen LogP contribution in [0.3, 0.4) is 0 Å². The van der Waals surface area contributed by atoms with Gasteiger partial charge in [0.1, 0.15) is 0 Å². The van der Waals surface area contributed by atoms with Crippen LogP contribution in [0, 0.1) is 0 Å². The molecule has 0 aliphatic carbocycles. The summed E-state index contributed by atoms with van der Waals surface area (Å²) in [6.45, 7) is 1.88. The summed E-state index contributed by atoms with van der Waals surface area (Å²) in [7, 11) is 1.56. The monoisotopic (exact) mass is 169 g/mol. The number of hydrogen-bond acceptors (Lipinski definition) is 1. The molecular formula is C7H14F3N. The lowest BCUT2D eigenvalue weighted by atomic mass is 10.1. The van der Waals surface area contributed by atoms with E-state index in [1.165, 1.54) is 0 Å². The summed E-state index contributed by atoms with van der Waals surface area (Å²) in [5, 5.41) is 2.64. The van der Waals surface area contributed by atoms with Gasteiger partial charge in [-0.1, -0.05) is 13.3 Å². The molecule has 0 fully saturated rings. The molecule has 0 aliphatic rings. The second kappa shape index (κ2) is 4.59. The van der Waals surface area contributed by atoms with Gasteiger partial charge in [0.2, 0.25) is 0 Å². The Kier molecular flexibility index (Phi) is 4.49. The van der Waals surface area contributed by atoms with E-state index in [2.05, 4.69) is 5.32 Å². The molecular weight excluding hydrogens is 155 g/mol. The Labute approximate surface area is 65.0 Å². The van der Waals surface area contributed by atoms with Crippen molar-refractivity contribution in [2.75, 3.05) is 7.05 Å². The van der Waals surface area contributed by atoms with E-state index in [1.807, 2.05) is 6.92 Å². The van der Waals surface area contributed by atoms with Gasteiger partial charge in [0.05, 0.1) is 6.42 Å². The SMILES string of the molecule is CCCC(CC(F)(F)F)NC. The predicted molar refractivity (Wildman–Crippen MR) is 38.4 cm³/mol. The van der Waals surface area contributed by atoms with Crippen LogP contribution in [0.5, 0.6) is 0 Å². The molecule has 0 aliphatic heterocycles. The maximum atomic E-state index is 11.8. The Morgan fingerprint density at radius 2 is 1.91 bits per heavy atom. The fourth-order valence-electron chi connectivity index (χ4n) is 0.976. The fourth-order valence-corrected chi connectivity index (χ4v) is 0.976. The van der Waals surface area contributed by atoms with Crippen LogP contribution in [0.25, 0.3) is 0 Å². The molecule has 0 heterocycles. The van der Waals surface area contributed by atoms with Crippen LogP contribution in [-0.4, -0.2) is 19.3 Å². The minimum atomic E-state index is -4.04. The number of nitrogens with one attached hydrogen (secondary N) is 1. The molecule has 0 saturated heterocycles. The van der Waals surface area contributed by atoms with Crippen LogP contribution in [0.4, 0.5) is 13.2 Å². The van der Waals surface area contributed by atoms with Crippen molar-refractivity contribution in [1.29, 1.82) is 0 Å². The summed E-state index contributed by atoms with van der Waals surface area (Å²) in [6, 6.07) is -0.417. The molecule has 1 unspecified atom stereocenters. The zero-order chi connectivity index (χ0) is 8.91. The second-order valence-electron chi connectivity index (χ2n) is 2.59. The van der Waals surface area contributed by atoms with Crippen LogP contribution < -0.4 is 5.32 Å². The number of rotatable bonds is 4. The van der Waals surface area contributed by atoms with Gasteiger partial charge in [-0.15, -0.1) is 0 Å². The van der Waals surface area contributed by atoms with Crippen LogP contribution in [0.2, 0.25) is 0 Å². The molecule has 68 valence electrons. The van der Waals surface area contributed by atoms with Crippen molar-refractivity contribution in [3.05, 3.63) is 0 Å². The van der Waals surface area contributed by atoms with Crippen molar-refractivity contribution in [3.63, 3.8) is 0 Å². The zero-order valence-corrected chi connectivity index (χ0v) is 6.83. The molecule has 0 radical (unpaired) electrons. The maximum Gasteiger partial charge on any atom is 0.390 e. The second-order valence-corrected chi connectivity index (χ2v) is 2.59. The summed E-state index contributed by atoms with van der Waals surface area (Å²) in [6.07, 6.45) is -3.40. The molecule has 0 saturated carbocycles. The molecule has 11 heavy (non-hydrogen) atoms. The predicted octanol–water partition coefficient (Wildman–Crippen LogP) is 2.33. The van der Waals surface area contributed by atoms with Gasteiger partial charge in [-0.2, -0.15) is 13.2 Å². The summed E-state index contributed by atoms with van der Waals surface area (Å²) < 4.78 is 35.3. The van der Waals surface area contributed by atoms with Gasteiger partial charge in [-0.3, -0.25) is 0 Å². The van der Waals surface area contributed by atoms with Crippen molar-refractivity contribution in [1.82, 2.24) is 5.32 Å². The number of halogens is 3. The number of alkyl halides is 3. The van der Waals surface area contributed by atoms with Crippen LogP contribution >= 0.6 is 0 Å². The largest absolute Gasteiger partial charge is 0.390 e. The lowest BCUT2D eigenvalue weighted by molar-refractivity contribution is -0.140. The molecule has 0 rings (SSSR count). The van der Waals surface area contributed by atoms with Gasteiger partial charge < -0.3 is 5.32 Å². The highest BCUT2D eigenvalue weighted by Crippen LogP contribution is 2.22. The third-order valence-corrected chi connectivity index (χ3v) is 1.52. The van der Waals surface area contributed by atoms with Crippen molar-refractivity contribution in [2.24, 2.45) is 0 Å². The average Bonchev–Trinajstić information content (AvgIpc) is 1.84. The topological polar surface area (TPSA) is 12.0 Å². The van der Waals surface area contributed by atoms with E-state index in [-0.39, 0.29) is 0 Å². The minimum Gasteiger partial charge on any atom is -0.317 e. The first kappa shape index (κ1) is 10.8. The normalized spacial score (nSPS) is 15.0. The van der Waals surface area contributed by atoms with Crippen molar-refractivity contribution < 1.29 is 13.2 Å². The first-order valence-electron chi connectivity index (χ1n) is 3.73. The van der Waals surface area contributed by atoms with Crippen LogP contribution in [-0.2, 0) is 0 Å². The van der Waals surface area contributed by atoms with Crippen molar-refractivity contribution in [2.45, 2.75) is 38.4 Å². The molecule has 0 aromatic rings. The van der Waals surface area contributed by atoms with E-state index >= 15 is 0 Å². The standard InChI is InChI=1S/C7H14F3N/c1-3-4-6(11-2)5-7(8,9)10/h6,11H,3-5H2,1-2H3. The van der Waals surface area contributed by atoms with Gasteiger partial charge in [0.25, 0.3) is 0 Å². The summed E-state index contributed by atoms with van der Waals surface area (Å²) in [5.74, 6) is 0. The van der Waals surface area contributed by atoms with Gasteiger partial charge in [0, 0.05) is 6.04 Å². The highest BCUT2D eigenvalue weighted by Gasteiger charge is 2.30. The highest BCUT2D eigenvalue weighted by atomic mass is 19.4. The third kappa shape index (κ3) is 6.16. The third-order valence-electron chi connectivity index (χ3n) is 1.52. The summed E-state index contributed by atoms with van der Waals surface area (Å²) in [4.78, 5) is 0. The molecule has 1 N–H and O–H groups in total. The Bertz CT molecular complexity index is 100. The van der Waals surface area contributed by atoms with Crippen LogP contribution in [0.15, 0.2) is 0 Å². The fraction of sp³-hybridized carbons (Fsp3) is 1.00. The maximum absolute atomic E-state index is 11.8. The number of hydrogen-bond donors (Lipinski definition) is 1. The van der Waals surface area contributed by atoms with E-state index in [9.17, 15) is 13.2 Å². The van der Waals surface area contributed by atoms with Crippen LogP contribution in [0.1, 0.15) is 26.2 Å². The van der Waals surface area contributed by atoms with Gasteiger partial charge >= 0.3 is 6.18 Å². The summed E-state index contributed by atoms with van der Waals surface area (Å²) in [5.41, 5.74) is 0. The van der Waals surface area contributed by atoms with E-state index < -0.39 is 18.6 Å². The smallest absolute Gasteiger partial charge is 0.317 e. The van der Waals surface area contributed by atoms with Gasteiger partial charge in [-0.25, -0.2) is 0 Å². The molecule has 0 amide bonds. The first-order valence-corrected chi connectivity index (χ1v) is 3.73. The Morgan fingerprint density at radius 1 is 1.36 bits per heavy atom. The molecule has 0 aromatic heterocycles. The molecule has 1 atom stereocenters. The lowest BCUT2D eigenvalue weighted by Gasteiger charge is -2.16. The van der Waals surface area contributed by atoms with E-state index in [4.69, 9.17) is 0 Å². The first-order chi connectivity index (χ1) is 4.99. The van der Waals surface area contributed by atoms with Crippen molar-refractivity contribution >= 4 is 0 Å². The molecule has 4 heteroatoms.